The van der Waals surface area contributed by atoms with Gasteiger partial charge in [-0.05, 0) is 36.4 Å². The molecule has 0 N–H and O–H groups in total. The molecule has 0 radical (unpaired) electrons. The number of benzene rings is 2. The molecular weight excluding hydrogens is 459 g/mol. The van der Waals surface area contributed by atoms with Gasteiger partial charge in [-0.1, -0.05) is 23.7 Å². The van der Waals surface area contributed by atoms with Crippen molar-refractivity contribution in [2.24, 2.45) is 0 Å². The Morgan fingerprint density at radius 1 is 1.03 bits per heavy atom. The van der Waals surface area contributed by atoms with E-state index >= 15 is 0 Å². The van der Waals surface area contributed by atoms with Crippen LogP contribution in [-0.4, -0.2) is 56.3 Å². The molecule has 0 spiro atoms. The number of carbonyl (C=O) groups is 1. The van der Waals surface area contributed by atoms with Crippen LogP contribution < -0.4 is 10.5 Å². The molecule has 2 aromatic carbocycles. The Morgan fingerprint density at radius 2 is 1.76 bits per heavy atom. The molecule has 0 aliphatic carbocycles. The van der Waals surface area contributed by atoms with Gasteiger partial charge >= 0.3 is 0 Å². The smallest absolute Gasteiger partial charge is 0.264 e. The Bertz CT molecular complexity index is 1390. The lowest BCUT2D eigenvalue weighted by Gasteiger charge is -2.36. The van der Waals surface area contributed by atoms with Gasteiger partial charge in [-0.25, -0.2) is 14.1 Å². The van der Waals surface area contributed by atoms with E-state index in [-0.39, 0.29) is 30.2 Å². The monoisotopic (exact) mass is 480 g/mol. The number of fused-ring (bicyclic) bond motifs is 1. The van der Waals surface area contributed by atoms with Crippen molar-refractivity contribution in [3.8, 4) is 5.69 Å². The van der Waals surface area contributed by atoms with Crippen LogP contribution in [0.3, 0.4) is 0 Å². The van der Waals surface area contributed by atoms with Gasteiger partial charge in [0.2, 0.25) is 5.91 Å². The minimum atomic E-state index is -0.356. The van der Waals surface area contributed by atoms with Crippen molar-refractivity contribution in [3.63, 3.8) is 0 Å². The number of rotatable bonds is 5. The Hall–Kier alpha value is -3.72. The number of amides is 1. The van der Waals surface area contributed by atoms with E-state index in [2.05, 4.69) is 15.0 Å². The molecule has 34 heavy (non-hydrogen) atoms. The molecule has 1 aliphatic heterocycles. The zero-order valence-corrected chi connectivity index (χ0v) is 19.0. The Labute approximate surface area is 199 Å². The zero-order chi connectivity index (χ0) is 23.7. The molecule has 8 nitrogen and oxygen atoms in total. The van der Waals surface area contributed by atoms with Gasteiger partial charge in [0.25, 0.3) is 5.56 Å². The highest BCUT2D eigenvalue weighted by molar-refractivity contribution is 6.33. The van der Waals surface area contributed by atoms with Crippen molar-refractivity contribution in [1.82, 2.24) is 24.2 Å². The predicted molar refractivity (Wildman–Crippen MR) is 128 cm³/mol. The van der Waals surface area contributed by atoms with Crippen LogP contribution in [-0.2, 0) is 11.3 Å². The summed E-state index contributed by atoms with van der Waals surface area (Å²) in [6.45, 7) is 2.82. The summed E-state index contributed by atoms with van der Waals surface area (Å²) in [5, 5.41) is 5.27. The lowest BCUT2D eigenvalue weighted by atomic mass is 10.2. The van der Waals surface area contributed by atoms with Crippen molar-refractivity contribution >= 4 is 34.2 Å². The molecular formula is C24H22ClFN6O2. The first-order valence-electron chi connectivity index (χ1n) is 11.0. The van der Waals surface area contributed by atoms with Crippen molar-refractivity contribution in [1.29, 1.82) is 0 Å². The summed E-state index contributed by atoms with van der Waals surface area (Å²) in [7, 11) is 0. The maximum atomic E-state index is 13.2. The quantitative estimate of drug-likeness (QED) is 0.438. The summed E-state index contributed by atoms with van der Waals surface area (Å²) >= 11 is 6.29. The third kappa shape index (κ3) is 4.26. The summed E-state index contributed by atoms with van der Waals surface area (Å²) in [4.78, 5) is 34.0. The molecule has 1 aliphatic rings. The fourth-order valence-electron chi connectivity index (χ4n) is 4.16. The van der Waals surface area contributed by atoms with Crippen LogP contribution in [0.15, 0.2) is 65.8 Å². The number of hydrogen-bond donors (Lipinski definition) is 0. The first-order chi connectivity index (χ1) is 16.5. The number of carbonyl (C=O) groups excluding carboxylic acids is 1. The van der Waals surface area contributed by atoms with Crippen LogP contribution in [0.2, 0.25) is 5.02 Å². The molecule has 174 valence electrons. The van der Waals surface area contributed by atoms with E-state index in [0.717, 1.165) is 5.69 Å². The van der Waals surface area contributed by atoms with Crippen molar-refractivity contribution in [2.75, 3.05) is 31.1 Å². The summed E-state index contributed by atoms with van der Waals surface area (Å²) in [6.07, 6.45) is 3.07. The van der Waals surface area contributed by atoms with Gasteiger partial charge in [0.05, 0.1) is 28.9 Å². The standard InChI is InChI=1S/C24H22ClFN6O2/c25-20-3-1-2-4-21(20)29-11-13-30(14-12-29)22(33)9-10-31-16-27-23-19(24(31)34)15-28-32(23)18-7-5-17(26)6-8-18/h1-8,15-16H,9-14H2. The molecule has 0 unspecified atom stereocenters. The largest absolute Gasteiger partial charge is 0.367 e. The molecule has 1 saturated heterocycles. The van der Waals surface area contributed by atoms with Crippen LogP contribution in [0.5, 0.6) is 0 Å². The summed E-state index contributed by atoms with van der Waals surface area (Å²) in [6, 6.07) is 13.5. The summed E-state index contributed by atoms with van der Waals surface area (Å²) in [5.74, 6) is -0.363. The number of aromatic nitrogens is 4. The zero-order valence-electron chi connectivity index (χ0n) is 18.3. The van der Waals surface area contributed by atoms with Gasteiger partial charge in [0.15, 0.2) is 5.65 Å². The van der Waals surface area contributed by atoms with Crippen LogP contribution in [0.1, 0.15) is 6.42 Å². The fourth-order valence-corrected chi connectivity index (χ4v) is 4.41. The first-order valence-corrected chi connectivity index (χ1v) is 11.4. The Morgan fingerprint density at radius 3 is 2.50 bits per heavy atom. The highest BCUT2D eigenvalue weighted by Crippen LogP contribution is 2.26. The van der Waals surface area contributed by atoms with Crippen LogP contribution >= 0.6 is 11.6 Å². The second kappa shape index (κ2) is 9.26. The fraction of sp³-hybridized carbons (Fsp3) is 0.250. The van der Waals surface area contributed by atoms with Crippen LogP contribution in [0.25, 0.3) is 16.7 Å². The van der Waals surface area contributed by atoms with Crippen LogP contribution in [0.4, 0.5) is 10.1 Å². The molecule has 1 amide bonds. The number of nitrogens with zero attached hydrogens (tertiary/aromatic N) is 6. The second-order valence-corrected chi connectivity index (χ2v) is 8.49. The molecule has 4 aromatic rings. The average molecular weight is 481 g/mol. The molecule has 3 heterocycles. The van der Waals surface area contributed by atoms with Gasteiger partial charge in [0, 0.05) is 39.1 Å². The Balaban J connectivity index is 1.23. The van der Waals surface area contributed by atoms with E-state index < -0.39 is 0 Å². The number of anilines is 1. The van der Waals surface area contributed by atoms with Crippen molar-refractivity contribution in [2.45, 2.75) is 13.0 Å². The molecule has 10 heteroatoms. The van der Waals surface area contributed by atoms with Gasteiger partial charge < -0.3 is 9.80 Å². The molecule has 0 saturated carbocycles. The predicted octanol–water partition coefficient (Wildman–Crippen LogP) is 3.11. The minimum Gasteiger partial charge on any atom is -0.367 e. The van der Waals surface area contributed by atoms with E-state index in [1.165, 1.54) is 33.9 Å². The minimum absolute atomic E-state index is 0.00665. The van der Waals surface area contributed by atoms with E-state index in [1.807, 2.05) is 29.2 Å². The number of para-hydroxylation sites is 1. The number of hydrogen-bond acceptors (Lipinski definition) is 5. The van der Waals surface area contributed by atoms with Gasteiger partial charge in [-0.15, -0.1) is 0 Å². The second-order valence-electron chi connectivity index (χ2n) is 8.08. The third-order valence-corrected chi connectivity index (χ3v) is 6.34. The molecule has 0 atom stereocenters. The van der Waals surface area contributed by atoms with E-state index in [4.69, 9.17) is 11.6 Å². The highest BCUT2D eigenvalue weighted by atomic mass is 35.5. The number of halogens is 2. The van der Waals surface area contributed by atoms with Gasteiger partial charge in [0.1, 0.15) is 11.2 Å². The van der Waals surface area contributed by atoms with Crippen LogP contribution in [0, 0.1) is 5.82 Å². The Kier molecular flexibility index (Phi) is 6.02. The van der Waals surface area contributed by atoms with Gasteiger partial charge in [-0.3, -0.25) is 14.2 Å². The topological polar surface area (TPSA) is 76.3 Å². The van der Waals surface area contributed by atoms with E-state index in [1.54, 1.807) is 12.1 Å². The lowest BCUT2D eigenvalue weighted by molar-refractivity contribution is -0.131. The first kappa shape index (κ1) is 22.1. The van der Waals surface area contributed by atoms with Gasteiger partial charge in [-0.2, -0.15) is 5.10 Å². The molecule has 1 fully saturated rings. The summed E-state index contributed by atoms with van der Waals surface area (Å²) in [5.41, 5.74) is 1.69. The van der Waals surface area contributed by atoms with Crippen molar-refractivity contribution in [3.05, 3.63) is 82.2 Å². The lowest BCUT2D eigenvalue weighted by Crippen LogP contribution is -2.49. The SMILES string of the molecule is O=C(CCn1cnc2c(cnn2-c2ccc(F)cc2)c1=O)N1CCN(c2ccccc2Cl)CC1. The normalized spacial score (nSPS) is 14.1. The molecule has 5 rings (SSSR count). The maximum Gasteiger partial charge on any atom is 0.264 e. The molecule has 2 aromatic heterocycles. The summed E-state index contributed by atoms with van der Waals surface area (Å²) < 4.78 is 16.1. The third-order valence-electron chi connectivity index (χ3n) is 6.02. The molecule has 0 bridgehead atoms. The maximum absolute atomic E-state index is 13.2. The number of piperazine rings is 1. The van der Waals surface area contributed by atoms with E-state index in [9.17, 15) is 14.0 Å². The van der Waals surface area contributed by atoms with Crippen molar-refractivity contribution < 1.29 is 9.18 Å². The number of aryl methyl sites for hydroxylation is 1. The highest BCUT2D eigenvalue weighted by Gasteiger charge is 2.22. The van der Waals surface area contributed by atoms with E-state index in [0.29, 0.717) is 47.9 Å². The average Bonchev–Trinajstić information content (AvgIpc) is 3.29.